The Morgan fingerprint density at radius 3 is 2.61 bits per heavy atom. The number of hydrogen-bond donors (Lipinski definition) is 1. The van der Waals surface area contributed by atoms with Crippen LogP contribution in [0.5, 0.6) is 0 Å². The van der Waals surface area contributed by atoms with Gasteiger partial charge in [0.2, 0.25) is 5.82 Å². The Morgan fingerprint density at radius 1 is 1.00 bits per heavy atom. The zero-order valence-electron chi connectivity index (χ0n) is 16.4. The van der Waals surface area contributed by atoms with Crippen molar-refractivity contribution < 1.29 is 9.53 Å². The fraction of sp³-hybridized carbons (Fsp3) is 0.0435. The maximum absolute atomic E-state index is 12.2. The molecule has 5 aromatic rings. The highest BCUT2D eigenvalue weighted by atomic mass is 35.5. The highest BCUT2D eigenvalue weighted by Gasteiger charge is 2.20. The molecule has 0 aliphatic carbocycles. The Kier molecular flexibility index (Phi) is 4.72. The van der Waals surface area contributed by atoms with Gasteiger partial charge in [0.15, 0.2) is 0 Å². The van der Waals surface area contributed by atoms with Crippen molar-refractivity contribution in [1.29, 1.82) is 0 Å². The number of benzene rings is 3. The lowest BCUT2D eigenvalue weighted by atomic mass is 10.0. The van der Waals surface area contributed by atoms with E-state index in [4.69, 9.17) is 16.3 Å². The second-order valence-electron chi connectivity index (χ2n) is 6.85. The van der Waals surface area contributed by atoms with Crippen LogP contribution in [0.15, 0.2) is 72.8 Å². The fourth-order valence-electron chi connectivity index (χ4n) is 3.45. The number of hydrogen-bond acceptors (Lipinski definition) is 5. The molecule has 0 saturated heterocycles. The lowest BCUT2D eigenvalue weighted by molar-refractivity contribution is 0.0588. The van der Waals surface area contributed by atoms with Gasteiger partial charge in [0.05, 0.1) is 29.7 Å². The van der Waals surface area contributed by atoms with Crippen molar-refractivity contribution in [2.24, 2.45) is 0 Å². The number of fused-ring (bicyclic) bond motifs is 1. The van der Waals surface area contributed by atoms with Gasteiger partial charge in [-0.3, -0.25) is 0 Å². The average Bonchev–Trinajstić information content (AvgIpc) is 3.43. The molecule has 0 saturated carbocycles. The SMILES string of the molecule is COC(=O)c1nc(-c2cccc(Cl)c2)c(-c2ccc3nnn(-c4ccccc4)c3c2)[nH]1. The van der Waals surface area contributed by atoms with Crippen LogP contribution in [0.2, 0.25) is 5.02 Å². The van der Waals surface area contributed by atoms with Crippen LogP contribution in [0, 0.1) is 0 Å². The molecule has 0 bridgehead atoms. The number of carbonyl (C=O) groups excluding carboxylic acids is 1. The molecule has 7 nitrogen and oxygen atoms in total. The van der Waals surface area contributed by atoms with Gasteiger partial charge in [-0.25, -0.2) is 14.5 Å². The molecule has 0 aliphatic rings. The number of rotatable bonds is 4. The maximum Gasteiger partial charge on any atom is 0.374 e. The van der Waals surface area contributed by atoms with Crippen LogP contribution in [0.1, 0.15) is 10.6 Å². The van der Waals surface area contributed by atoms with Crippen LogP contribution in [0.25, 0.3) is 39.2 Å². The van der Waals surface area contributed by atoms with E-state index in [-0.39, 0.29) is 5.82 Å². The minimum Gasteiger partial charge on any atom is -0.463 e. The van der Waals surface area contributed by atoms with Gasteiger partial charge < -0.3 is 9.72 Å². The lowest BCUT2D eigenvalue weighted by Crippen LogP contribution is -2.03. The summed E-state index contributed by atoms with van der Waals surface area (Å²) in [5, 5.41) is 9.13. The van der Waals surface area contributed by atoms with Crippen molar-refractivity contribution in [2.75, 3.05) is 7.11 Å². The molecule has 8 heteroatoms. The number of carbonyl (C=O) groups is 1. The number of H-pyrrole nitrogens is 1. The second kappa shape index (κ2) is 7.70. The Balaban J connectivity index is 1.71. The summed E-state index contributed by atoms with van der Waals surface area (Å²) < 4.78 is 6.63. The third-order valence-corrected chi connectivity index (χ3v) is 5.15. The maximum atomic E-state index is 12.2. The number of nitrogens with zero attached hydrogens (tertiary/aromatic N) is 4. The number of imidazole rings is 1. The van der Waals surface area contributed by atoms with Gasteiger partial charge in [-0.1, -0.05) is 53.2 Å². The van der Waals surface area contributed by atoms with Gasteiger partial charge >= 0.3 is 5.97 Å². The molecule has 3 aromatic carbocycles. The monoisotopic (exact) mass is 429 g/mol. The molecule has 152 valence electrons. The van der Waals surface area contributed by atoms with E-state index in [2.05, 4.69) is 20.3 Å². The fourth-order valence-corrected chi connectivity index (χ4v) is 3.64. The first-order valence-electron chi connectivity index (χ1n) is 9.49. The van der Waals surface area contributed by atoms with E-state index in [1.165, 1.54) is 7.11 Å². The molecule has 0 atom stereocenters. The van der Waals surface area contributed by atoms with Crippen LogP contribution in [-0.2, 0) is 4.74 Å². The normalized spacial score (nSPS) is 11.0. The highest BCUT2D eigenvalue weighted by molar-refractivity contribution is 6.30. The molecule has 0 unspecified atom stereocenters. The summed E-state index contributed by atoms with van der Waals surface area (Å²) in [4.78, 5) is 19.7. The number of aromatic amines is 1. The van der Waals surface area contributed by atoms with Crippen LogP contribution in [0.3, 0.4) is 0 Å². The van der Waals surface area contributed by atoms with Crippen LogP contribution >= 0.6 is 11.6 Å². The summed E-state index contributed by atoms with van der Waals surface area (Å²) in [6, 6.07) is 22.8. The summed E-state index contributed by atoms with van der Waals surface area (Å²) in [5.41, 5.74) is 5.36. The van der Waals surface area contributed by atoms with E-state index in [9.17, 15) is 4.79 Å². The van der Waals surface area contributed by atoms with Gasteiger partial charge in [-0.15, -0.1) is 5.10 Å². The predicted molar refractivity (Wildman–Crippen MR) is 118 cm³/mol. The van der Waals surface area contributed by atoms with Crippen molar-refractivity contribution >= 4 is 28.6 Å². The summed E-state index contributed by atoms with van der Waals surface area (Å²) in [7, 11) is 1.32. The first kappa shape index (κ1) is 19.0. The van der Waals surface area contributed by atoms with E-state index in [1.54, 1.807) is 16.8 Å². The number of para-hydroxylation sites is 1. The number of aromatic nitrogens is 5. The van der Waals surface area contributed by atoms with Crippen LogP contribution in [-0.4, -0.2) is 38.0 Å². The zero-order chi connectivity index (χ0) is 21.4. The number of ether oxygens (including phenoxy) is 1. The molecule has 0 amide bonds. The molecule has 0 radical (unpaired) electrons. The molecule has 2 heterocycles. The van der Waals surface area contributed by atoms with Crippen molar-refractivity contribution in [3.05, 3.63) is 83.6 Å². The molecule has 5 rings (SSSR count). The summed E-state index contributed by atoms with van der Waals surface area (Å²) in [6.45, 7) is 0. The largest absolute Gasteiger partial charge is 0.463 e. The number of halogens is 1. The Morgan fingerprint density at radius 2 is 1.84 bits per heavy atom. The molecular formula is C23H16ClN5O2. The quantitative estimate of drug-likeness (QED) is 0.410. The van der Waals surface area contributed by atoms with Gasteiger partial charge in [-0.05, 0) is 36.4 Å². The highest BCUT2D eigenvalue weighted by Crippen LogP contribution is 2.33. The van der Waals surface area contributed by atoms with Gasteiger partial charge in [0, 0.05) is 16.1 Å². The number of methoxy groups -OCH3 is 1. The van der Waals surface area contributed by atoms with Crippen molar-refractivity contribution in [2.45, 2.75) is 0 Å². The minimum absolute atomic E-state index is 0.113. The molecule has 31 heavy (non-hydrogen) atoms. The van der Waals surface area contributed by atoms with Crippen molar-refractivity contribution in [3.63, 3.8) is 0 Å². The topological polar surface area (TPSA) is 85.7 Å². The molecule has 1 N–H and O–H groups in total. The minimum atomic E-state index is -0.549. The second-order valence-corrected chi connectivity index (χ2v) is 7.29. The Hall–Kier alpha value is -3.97. The molecule has 0 fully saturated rings. The van der Waals surface area contributed by atoms with Crippen LogP contribution in [0.4, 0.5) is 0 Å². The van der Waals surface area contributed by atoms with Crippen LogP contribution < -0.4 is 0 Å². The van der Waals surface area contributed by atoms with Crippen molar-refractivity contribution in [3.8, 4) is 28.2 Å². The third-order valence-electron chi connectivity index (χ3n) is 4.92. The summed E-state index contributed by atoms with van der Waals surface area (Å²) in [6.07, 6.45) is 0. The van der Waals surface area contributed by atoms with Gasteiger partial charge in [0.1, 0.15) is 5.52 Å². The smallest absolute Gasteiger partial charge is 0.374 e. The Bertz CT molecular complexity index is 1410. The predicted octanol–water partition coefficient (Wildman–Crippen LogP) is 4.92. The van der Waals surface area contributed by atoms with Gasteiger partial charge in [0.25, 0.3) is 0 Å². The molecule has 0 spiro atoms. The van der Waals surface area contributed by atoms with E-state index in [1.807, 2.05) is 60.7 Å². The van der Waals surface area contributed by atoms with Crippen molar-refractivity contribution in [1.82, 2.24) is 25.0 Å². The molecule has 0 aliphatic heterocycles. The first-order chi connectivity index (χ1) is 15.1. The van der Waals surface area contributed by atoms with E-state index >= 15 is 0 Å². The average molecular weight is 430 g/mol. The van der Waals surface area contributed by atoms with E-state index in [0.29, 0.717) is 16.4 Å². The molecular weight excluding hydrogens is 414 g/mol. The number of esters is 1. The van der Waals surface area contributed by atoms with E-state index in [0.717, 1.165) is 27.8 Å². The third kappa shape index (κ3) is 3.45. The first-order valence-corrected chi connectivity index (χ1v) is 9.87. The molecule has 2 aromatic heterocycles. The summed E-state index contributed by atoms with van der Waals surface area (Å²) >= 11 is 6.19. The lowest BCUT2D eigenvalue weighted by Gasteiger charge is -2.06. The standard InChI is InChI=1S/C23H16ClN5O2/c1-31-23(30)22-25-20(14-6-5-7-16(24)12-14)21(26-22)15-10-11-18-19(13-15)29(28-27-18)17-8-3-2-4-9-17/h2-13H,1H3,(H,25,26). The summed E-state index contributed by atoms with van der Waals surface area (Å²) in [5.74, 6) is -0.436. The van der Waals surface area contributed by atoms with Gasteiger partial charge in [-0.2, -0.15) is 0 Å². The number of nitrogens with one attached hydrogen (secondary N) is 1. The Labute approximate surface area is 182 Å². The zero-order valence-corrected chi connectivity index (χ0v) is 17.2. The van der Waals surface area contributed by atoms with E-state index < -0.39 is 5.97 Å².